The van der Waals surface area contributed by atoms with E-state index in [9.17, 15) is 0 Å². The minimum Gasteiger partial charge on any atom is -0.367 e. The van der Waals surface area contributed by atoms with Crippen molar-refractivity contribution in [2.45, 2.75) is 25.8 Å². The van der Waals surface area contributed by atoms with Gasteiger partial charge in [0.1, 0.15) is 5.82 Å². The Hall–Kier alpha value is -1.61. The summed E-state index contributed by atoms with van der Waals surface area (Å²) in [5.74, 6) is 1.01. The van der Waals surface area contributed by atoms with Crippen molar-refractivity contribution in [1.29, 1.82) is 0 Å². The van der Waals surface area contributed by atoms with E-state index in [4.69, 9.17) is 0 Å². The molecule has 0 aliphatic carbocycles. The molecule has 1 aliphatic heterocycles. The molecule has 0 amide bonds. The quantitative estimate of drug-likeness (QED) is 0.849. The Kier molecular flexibility index (Phi) is 3.15. The van der Waals surface area contributed by atoms with Crippen molar-refractivity contribution >= 4 is 16.6 Å². The lowest BCUT2D eigenvalue weighted by Gasteiger charge is -2.24. The smallest absolute Gasteiger partial charge is 0.127 e. The van der Waals surface area contributed by atoms with Crippen LogP contribution in [0.1, 0.15) is 18.5 Å². The first-order valence-corrected chi connectivity index (χ1v) is 6.66. The molecule has 1 saturated heterocycles. The predicted octanol–water partition coefficient (Wildman–Crippen LogP) is 2.71. The second-order valence-electron chi connectivity index (χ2n) is 4.98. The first kappa shape index (κ1) is 11.5. The molecule has 0 bridgehead atoms. The van der Waals surface area contributed by atoms with Crippen LogP contribution in [0.3, 0.4) is 0 Å². The van der Waals surface area contributed by atoms with Crippen molar-refractivity contribution in [2.75, 3.05) is 18.4 Å². The molecule has 1 aromatic carbocycles. The van der Waals surface area contributed by atoms with E-state index >= 15 is 0 Å². The third-order valence-corrected chi connectivity index (χ3v) is 3.62. The molecule has 3 nitrogen and oxygen atoms in total. The van der Waals surface area contributed by atoms with Crippen LogP contribution in [0.25, 0.3) is 10.8 Å². The van der Waals surface area contributed by atoms with E-state index in [1.54, 1.807) is 0 Å². The fourth-order valence-corrected chi connectivity index (χ4v) is 2.62. The lowest BCUT2D eigenvalue weighted by atomic mass is 10.1. The molecule has 1 aromatic heterocycles. The SMILES string of the molecule is Cc1nc(NC2CCNCC2)cc2ccccc12. The highest BCUT2D eigenvalue weighted by Crippen LogP contribution is 2.21. The summed E-state index contributed by atoms with van der Waals surface area (Å²) in [5, 5.41) is 9.45. The number of hydrogen-bond acceptors (Lipinski definition) is 3. The Morgan fingerprint density at radius 2 is 2.00 bits per heavy atom. The van der Waals surface area contributed by atoms with Crippen molar-refractivity contribution in [3.63, 3.8) is 0 Å². The number of fused-ring (bicyclic) bond motifs is 1. The Bertz CT molecular complexity index is 544. The van der Waals surface area contributed by atoms with Gasteiger partial charge in [0.25, 0.3) is 0 Å². The maximum atomic E-state index is 4.66. The van der Waals surface area contributed by atoms with Gasteiger partial charge in [0, 0.05) is 17.1 Å². The molecule has 1 fully saturated rings. The Balaban J connectivity index is 1.87. The second-order valence-corrected chi connectivity index (χ2v) is 4.98. The topological polar surface area (TPSA) is 37.0 Å². The molecule has 3 rings (SSSR count). The fraction of sp³-hybridized carbons (Fsp3) is 0.400. The summed E-state index contributed by atoms with van der Waals surface area (Å²) < 4.78 is 0. The van der Waals surface area contributed by atoms with Gasteiger partial charge >= 0.3 is 0 Å². The van der Waals surface area contributed by atoms with Gasteiger partial charge in [0.15, 0.2) is 0 Å². The van der Waals surface area contributed by atoms with Crippen molar-refractivity contribution in [2.24, 2.45) is 0 Å². The zero-order chi connectivity index (χ0) is 12.4. The van der Waals surface area contributed by atoms with E-state index in [1.165, 1.54) is 23.6 Å². The second kappa shape index (κ2) is 4.94. The normalized spacial score (nSPS) is 16.9. The third-order valence-electron chi connectivity index (χ3n) is 3.62. The standard InChI is InChI=1S/C15H19N3/c1-11-14-5-3-2-4-12(14)10-15(17-11)18-13-6-8-16-9-7-13/h2-5,10,13,16H,6-9H2,1H3,(H,17,18). The van der Waals surface area contributed by atoms with Crippen molar-refractivity contribution in [1.82, 2.24) is 10.3 Å². The van der Waals surface area contributed by atoms with Gasteiger partial charge in [-0.25, -0.2) is 4.98 Å². The highest BCUT2D eigenvalue weighted by Gasteiger charge is 2.13. The van der Waals surface area contributed by atoms with Gasteiger partial charge in [-0.1, -0.05) is 24.3 Å². The molecule has 0 spiro atoms. The van der Waals surface area contributed by atoms with E-state index in [0.29, 0.717) is 6.04 Å². The average molecular weight is 241 g/mol. The number of benzene rings is 1. The number of anilines is 1. The summed E-state index contributed by atoms with van der Waals surface area (Å²) in [6, 6.07) is 11.1. The number of nitrogens with one attached hydrogen (secondary N) is 2. The van der Waals surface area contributed by atoms with Gasteiger partial charge in [-0.15, -0.1) is 0 Å². The first-order chi connectivity index (χ1) is 8.83. The van der Waals surface area contributed by atoms with Gasteiger partial charge in [-0.3, -0.25) is 0 Å². The summed E-state index contributed by atoms with van der Waals surface area (Å²) in [5.41, 5.74) is 1.10. The summed E-state index contributed by atoms with van der Waals surface area (Å²) in [6.07, 6.45) is 2.35. The number of hydrogen-bond donors (Lipinski definition) is 2. The molecule has 0 radical (unpaired) electrons. The van der Waals surface area contributed by atoms with Gasteiger partial charge in [0.05, 0.1) is 0 Å². The van der Waals surface area contributed by atoms with Crippen LogP contribution in [0, 0.1) is 6.92 Å². The highest BCUT2D eigenvalue weighted by molar-refractivity contribution is 5.86. The first-order valence-electron chi connectivity index (χ1n) is 6.66. The van der Waals surface area contributed by atoms with Crippen LogP contribution < -0.4 is 10.6 Å². The Morgan fingerprint density at radius 3 is 2.83 bits per heavy atom. The van der Waals surface area contributed by atoms with E-state index in [2.05, 4.69) is 52.9 Å². The zero-order valence-electron chi connectivity index (χ0n) is 10.7. The van der Waals surface area contributed by atoms with Crippen molar-refractivity contribution in [3.05, 3.63) is 36.0 Å². The lowest BCUT2D eigenvalue weighted by molar-refractivity contribution is 0.478. The van der Waals surface area contributed by atoms with E-state index in [0.717, 1.165) is 24.6 Å². The number of pyridine rings is 1. The summed E-state index contributed by atoms with van der Waals surface area (Å²) >= 11 is 0. The Morgan fingerprint density at radius 1 is 1.22 bits per heavy atom. The van der Waals surface area contributed by atoms with Crippen molar-refractivity contribution in [3.8, 4) is 0 Å². The summed E-state index contributed by atoms with van der Waals surface area (Å²) in [6.45, 7) is 4.28. The minimum absolute atomic E-state index is 0.555. The molecule has 18 heavy (non-hydrogen) atoms. The highest BCUT2D eigenvalue weighted by atomic mass is 15.0. The van der Waals surface area contributed by atoms with Crippen LogP contribution in [-0.2, 0) is 0 Å². The number of aromatic nitrogens is 1. The number of piperidine rings is 1. The largest absolute Gasteiger partial charge is 0.367 e. The molecule has 0 atom stereocenters. The molecular weight excluding hydrogens is 222 g/mol. The molecule has 2 N–H and O–H groups in total. The number of aryl methyl sites for hydroxylation is 1. The van der Waals surface area contributed by atoms with Gasteiger partial charge < -0.3 is 10.6 Å². The molecule has 2 heterocycles. The minimum atomic E-state index is 0.555. The molecule has 94 valence electrons. The van der Waals surface area contributed by atoms with Gasteiger partial charge in [0.2, 0.25) is 0 Å². The summed E-state index contributed by atoms with van der Waals surface area (Å²) in [7, 11) is 0. The van der Waals surface area contributed by atoms with E-state index in [1.807, 2.05) is 0 Å². The average Bonchev–Trinajstić information content (AvgIpc) is 2.40. The zero-order valence-corrected chi connectivity index (χ0v) is 10.7. The number of rotatable bonds is 2. The molecule has 1 aliphatic rings. The van der Waals surface area contributed by atoms with E-state index in [-0.39, 0.29) is 0 Å². The lowest BCUT2D eigenvalue weighted by Crippen LogP contribution is -2.35. The van der Waals surface area contributed by atoms with E-state index < -0.39 is 0 Å². The Labute approximate surface area is 108 Å². The number of nitrogens with zero attached hydrogens (tertiary/aromatic N) is 1. The van der Waals surface area contributed by atoms with Crippen LogP contribution >= 0.6 is 0 Å². The molecule has 0 unspecified atom stereocenters. The van der Waals surface area contributed by atoms with Crippen LogP contribution in [0.2, 0.25) is 0 Å². The van der Waals surface area contributed by atoms with Crippen LogP contribution in [-0.4, -0.2) is 24.1 Å². The molecule has 3 heteroatoms. The molecule has 2 aromatic rings. The van der Waals surface area contributed by atoms with Gasteiger partial charge in [-0.05, 0) is 44.3 Å². The van der Waals surface area contributed by atoms with Crippen LogP contribution in [0.5, 0.6) is 0 Å². The van der Waals surface area contributed by atoms with Crippen LogP contribution in [0.15, 0.2) is 30.3 Å². The maximum Gasteiger partial charge on any atom is 0.127 e. The monoisotopic (exact) mass is 241 g/mol. The van der Waals surface area contributed by atoms with Crippen LogP contribution in [0.4, 0.5) is 5.82 Å². The molecule has 0 saturated carbocycles. The predicted molar refractivity (Wildman–Crippen MR) is 76.0 cm³/mol. The fourth-order valence-electron chi connectivity index (χ4n) is 2.62. The van der Waals surface area contributed by atoms with Gasteiger partial charge in [-0.2, -0.15) is 0 Å². The molecular formula is C15H19N3. The summed E-state index contributed by atoms with van der Waals surface area (Å²) in [4.78, 5) is 4.66. The maximum absolute atomic E-state index is 4.66. The third kappa shape index (κ3) is 2.31. The van der Waals surface area contributed by atoms with Crippen molar-refractivity contribution < 1.29 is 0 Å².